The fourth-order valence-corrected chi connectivity index (χ4v) is 4.52. The third-order valence-electron chi connectivity index (χ3n) is 6.59. The zero-order valence-electron chi connectivity index (χ0n) is 21.1. The number of nitrogens with zero attached hydrogens (tertiary/aromatic N) is 1. The molecule has 1 unspecified atom stereocenters. The van der Waals surface area contributed by atoms with E-state index in [1.165, 1.54) is 7.11 Å². The Kier molecular flexibility index (Phi) is 6.83. The maximum Gasteiger partial charge on any atom is 0.412 e. The highest BCUT2D eigenvalue weighted by atomic mass is 35.5. The Bertz CT molecular complexity index is 1610. The number of carbonyl (C=O) groups is 2. The monoisotopic (exact) mass is 528 g/mol. The minimum atomic E-state index is -0.659. The number of benzene rings is 3. The summed E-state index contributed by atoms with van der Waals surface area (Å²) in [6.45, 7) is 3.50. The predicted molar refractivity (Wildman–Crippen MR) is 145 cm³/mol. The Morgan fingerprint density at radius 2 is 1.84 bits per heavy atom. The second-order valence-corrected chi connectivity index (χ2v) is 9.67. The van der Waals surface area contributed by atoms with E-state index < -0.39 is 17.6 Å². The molecule has 3 aromatic carbocycles. The number of amides is 1. The molecule has 0 aliphatic heterocycles. The Labute approximate surface area is 225 Å². The average molecular weight is 529 g/mol. The first-order chi connectivity index (χ1) is 18.3. The van der Waals surface area contributed by atoms with Crippen LogP contribution < -0.4 is 5.32 Å². The molecule has 4 aromatic rings. The minimum absolute atomic E-state index is 0.274. The Balaban J connectivity index is 1.35. The molecule has 0 saturated heterocycles. The molecule has 192 valence electrons. The summed E-state index contributed by atoms with van der Waals surface area (Å²) in [5, 5.41) is 9.27. The van der Waals surface area contributed by atoms with Crippen LogP contribution in [0.2, 0.25) is 5.02 Å². The van der Waals surface area contributed by atoms with E-state index >= 15 is 0 Å². The molecule has 38 heavy (non-hydrogen) atoms. The number of hydrogen-bond donors (Lipinski definition) is 1. The van der Waals surface area contributed by atoms with Crippen molar-refractivity contribution in [3.05, 3.63) is 82.5 Å². The zero-order chi connectivity index (χ0) is 26.9. The van der Waals surface area contributed by atoms with Gasteiger partial charge in [0.25, 0.3) is 0 Å². The number of hydrogen-bond acceptors (Lipinski definition) is 6. The zero-order valence-corrected chi connectivity index (χ0v) is 21.9. The van der Waals surface area contributed by atoms with E-state index in [1.807, 2.05) is 54.6 Å². The van der Waals surface area contributed by atoms with Crippen molar-refractivity contribution in [1.29, 1.82) is 0 Å². The molecular formula is C30H25ClN2O5. The van der Waals surface area contributed by atoms with Crippen molar-refractivity contribution < 1.29 is 23.6 Å². The predicted octanol–water partition coefficient (Wildman–Crippen LogP) is 7.07. The highest BCUT2D eigenvalue weighted by Gasteiger charge is 2.50. The summed E-state index contributed by atoms with van der Waals surface area (Å²) in [5.41, 5.74) is 2.56. The molecule has 5 rings (SSSR count). The summed E-state index contributed by atoms with van der Waals surface area (Å²) in [6.07, 6.45) is 0.258. The number of halogens is 1. The number of esters is 1. The van der Waals surface area contributed by atoms with Crippen molar-refractivity contribution >= 4 is 40.1 Å². The summed E-state index contributed by atoms with van der Waals surface area (Å²) < 4.78 is 16.0. The number of carbonyl (C=O) groups excluding carboxylic acids is 2. The Hall–Kier alpha value is -4.28. The summed E-state index contributed by atoms with van der Waals surface area (Å²) in [4.78, 5) is 24.7. The molecular weight excluding hydrogens is 504 g/mol. The van der Waals surface area contributed by atoms with Crippen LogP contribution in [0.25, 0.3) is 22.1 Å². The van der Waals surface area contributed by atoms with Crippen LogP contribution in [0, 0.1) is 24.2 Å². The summed E-state index contributed by atoms with van der Waals surface area (Å²) in [7, 11) is 1.39. The van der Waals surface area contributed by atoms with Crippen LogP contribution in [0.3, 0.4) is 0 Å². The van der Waals surface area contributed by atoms with Crippen LogP contribution in [0.4, 0.5) is 10.5 Å². The van der Waals surface area contributed by atoms with Gasteiger partial charge in [-0.1, -0.05) is 65.0 Å². The van der Waals surface area contributed by atoms with Crippen LogP contribution in [0.15, 0.2) is 65.2 Å². The SMILES string of the molecule is COC(=O)C1(C#Cc2ccc3cc(-c4onc(C)c4NC(=O)OC(C)c4ccccc4Cl)ccc3c2)CC1. The van der Waals surface area contributed by atoms with Gasteiger partial charge in [0.05, 0.1) is 7.11 Å². The molecule has 1 atom stereocenters. The van der Waals surface area contributed by atoms with Crippen molar-refractivity contribution in [2.24, 2.45) is 5.41 Å². The lowest BCUT2D eigenvalue weighted by atomic mass is 10.0. The molecule has 1 N–H and O–H groups in total. The van der Waals surface area contributed by atoms with Crippen LogP contribution in [0.1, 0.15) is 42.7 Å². The first-order valence-corrected chi connectivity index (χ1v) is 12.5. The van der Waals surface area contributed by atoms with Gasteiger partial charge in [-0.2, -0.15) is 0 Å². The molecule has 0 radical (unpaired) electrons. The van der Waals surface area contributed by atoms with Gasteiger partial charge in [-0.05, 0) is 61.7 Å². The second kappa shape index (κ2) is 10.2. The van der Waals surface area contributed by atoms with E-state index in [4.69, 9.17) is 25.6 Å². The fourth-order valence-electron chi connectivity index (χ4n) is 4.23. The van der Waals surface area contributed by atoms with Gasteiger partial charge in [0.15, 0.2) is 5.76 Å². The van der Waals surface area contributed by atoms with Gasteiger partial charge >= 0.3 is 12.1 Å². The quantitative estimate of drug-likeness (QED) is 0.220. The highest BCUT2D eigenvalue weighted by Crippen LogP contribution is 2.46. The lowest BCUT2D eigenvalue weighted by Crippen LogP contribution is -2.17. The number of aryl methyl sites for hydroxylation is 1. The molecule has 8 heteroatoms. The van der Waals surface area contributed by atoms with Crippen molar-refractivity contribution in [3.63, 3.8) is 0 Å². The van der Waals surface area contributed by atoms with Crippen LogP contribution in [0.5, 0.6) is 0 Å². The summed E-state index contributed by atoms with van der Waals surface area (Å²) in [6, 6.07) is 18.8. The summed E-state index contributed by atoms with van der Waals surface area (Å²) >= 11 is 6.23. The number of ether oxygens (including phenoxy) is 2. The lowest BCUT2D eigenvalue weighted by Gasteiger charge is -2.15. The molecule has 1 saturated carbocycles. The number of fused-ring (bicyclic) bond motifs is 1. The van der Waals surface area contributed by atoms with Crippen molar-refractivity contribution in [2.45, 2.75) is 32.8 Å². The standard InChI is InChI=1S/C30H25ClN2O5/c1-18-26(32-29(35)37-19(2)24-6-4-5-7-25(24)31)27(38-33-18)23-11-10-21-16-20(8-9-22(21)17-23)12-13-30(14-15-30)28(34)36-3/h4-11,16-17,19H,14-15H2,1-3H3,(H,32,35). The molecule has 1 heterocycles. The van der Waals surface area contributed by atoms with E-state index in [2.05, 4.69) is 22.3 Å². The van der Waals surface area contributed by atoms with Gasteiger partial charge in [0, 0.05) is 21.7 Å². The number of aromatic nitrogens is 1. The average Bonchev–Trinajstić information content (AvgIpc) is 3.63. The Morgan fingerprint density at radius 1 is 1.11 bits per heavy atom. The first-order valence-electron chi connectivity index (χ1n) is 12.1. The van der Waals surface area contributed by atoms with E-state index in [0.29, 0.717) is 27.7 Å². The molecule has 1 aliphatic carbocycles. The number of anilines is 1. The highest BCUT2D eigenvalue weighted by molar-refractivity contribution is 6.31. The maximum absolute atomic E-state index is 12.7. The largest absolute Gasteiger partial charge is 0.468 e. The topological polar surface area (TPSA) is 90.7 Å². The normalized spacial score (nSPS) is 14.2. The van der Waals surface area contributed by atoms with E-state index in [-0.39, 0.29) is 5.97 Å². The molecule has 0 spiro atoms. The first kappa shape index (κ1) is 25.4. The van der Waals surface area contributed by atoms with Gasteiger partial charge in [0.1, 0.15) is 22.9 Å². The fraction of sp³-hybridized carbons (Fsp3) is 0.233. The second-order valence-electron chi connectivity index (χ2n) is 9.27. The third kappa shape index (κ3) is 5.09. The van der Waals surface area contributed by atoms with E-state index in [1.54, 1.807) is 19.9 Å². The molecule has 1 amide bonds. The third-order valence-corrected chi connectivity index (χ3v) is 6.94. The summed E-state index contributed by atoms with van der Waals surface area (Å²) in [5.74, 6) is 6.35. The lowest BCUT2D eigenvalue weighted by molar-refractivity contribution is -0.144. The number of rotatable bonds is 5. The molecule has 1 aliphatic rings. The molecule has 7 nitrogen and oxygen atoms in total. The van der Waals surface area contributed by atoms with E-state index in [0.717, 1.165) is 34.7 Å². The molecule has 0 bridgehead atoms. The Morgan fingerprint density at radius 3 is 2.58 bits per heavy atom. The van der Waals surface area contributed by atoms with Crippen LogP contribution in [-0.2, 0) is 14.3 Å². The van der Waals surface area contributed by atoms with Crippen molar-refractivity contribution in [1.82, 2.24) is 5.16 Å². The van der Waals surface area contributed by atoms with Crippen LogP contribution in [-0.4, -0.2) is 24.3 Å². The number of methoxy groups -OCH3 is 1. The van der Waals surface area contributed by atoms with Gasteiger partial charge < -0.3 is 14.0 Å². The van der Waals surface area contributed by atoms with Crippen LogP contribution >= 0.6 is 11.6 Å². The van der Waals surface area contributed by atoms with Gasteiger partial charge in [-0.3, -0.25) is 10.1 Å². The molecule has 1 fully saturated rings. The van der Waals surface area contributed by atoms with E-state index in [9.17, 15) is 9.59 Å². The van der Waals surface area contributed by atoms with Gasteiger partial charge in [0.2, 0.25) is 0 Å². The van der Waals surface area contributed by atoms with Gasteiger partial charge in [-0.25, -0.2) is 4.79 Å². The van der Waals surface area contributed by atoms with Crippen molar-refractivity contribution in [3.8, 4) is 23.2 Å². The van der Waals surface area contributed by atoms with Gasteiger partial charge in [-0.15, -0.1) is 0 Å². The maximum atomic E-state index is 12.7. The molecule has 1 aromatic heterocycles. The van der Waals surface area contributed by atoms with Crippen molar-refractivity contribution in [2.75, 3.05) is 12.4 Å². The smallest absolute Gasteiger partial charge is 0.412 e. The minimum Gasteiger partial charge on any atom is -0.468 e. The number of nitrogens with one attached hydrogen (secondary N) is 1.